The molecular formula is C11H13N3O2. The molecule has 16 heavy (non-hydrogen) atoms. The number of anilines is 1. The first-order chi connectivity index (χ1) is 7.74. The normalized spacial score (nSPS) is 19.9. The van der Waals surface area contributed by atoms with Crippen LogP contribution in [-0.2, 0) is 4.79 Å². The van der Waals surface area contributed by atoms with Gasteiger partial charge < -0.3 is 4.74 Å². The maximum atomic E-state index is 11.7. The molecule has 0 aromatic carbocycles. The Hall–Kier alpha value is -1.91. The van der Waals surface area contributed by atoms with E-state index in [1.54, 1.807) is 17.2 Å². The van der Waals surface area contributed by atoms with Crippen LogP contribution >= 0.6 is 0 Å². The van der Waals surface area contributed by atoms with Crippen LogP contribution in [-0.4, -0.2) is 29.5 Å². The molecule has 1 aliphatic heterocycles. The van der Waals surface area contributed by atoms with Gasteiger partial charge in [-0.25, -0.2) is 9.97 Å². The third-order valence-corrected chi connectivity index (χ3v) is 2.59. The molecule has 1 aromatic heterocycles. The highest BCUT2D eigenvalue weighted by Crippen LogP contribution is 2.23. The maximum absolute atomic E-state index is 11.7. The number of aromatic nitrogens is 2. The molecule has 5 nitrogen and oxygen atoms in total. The Labute approximate surface area is 93.8 Å². The molecule has 0 saturated carbocycles. The quantitative estimate of drug-likeness (QED) is 0.712. The summed E-state index contributed by atoms with van der Waals surface area (Å²) in [7, 11) is 1.53. The summed E-state index contributed by atoms with van der Waals surface area (Å²) in [6.45, 7) is 4.33. The Bertz CT molecular complexity index is 402. The third-order valence-electron chi connectivity index (χ3n) is 2.59. The molecule has 1 fully saturated rings. The van der Waals surface area contributed by atoms with Crippen LogP contribution in [0.4, 0.5) is 5.82 Å². The van der Waals surface area contributed by atoms with E-state index in [1.807, 2.05) is 0 Å². The monoisotopic (exact) mass is 219 g/mol. The summed E-state index contributed by atoms with van der Waals surface area (Å²) < 4.78 is 4.91. The zero-order valence-corrected chi connectivity index (χ0v) is 9.09. The van der Waals surface area contributed by atoms with Crippen LogP contribution in [0, 0.1) is 5.92 Å². The lowest BCUT2D eigenvalue weighted by molar-refractivity contribution is -0.117. The van der Waals surface area contributed by atoms with E-state index in [0.717, 1.165) is 0 Å². The van der Waals surface area contributed by atoms with Crippen molar-refractivity contribution >= 4 is 11.7 Å². The van der Waals surface area contributed by atoms with Crippen molar-refractivity contribution in [2.24, 2.45) is 5.92 Å². The molecule has 84 valence electrons. The summed E-state index contributed by atoms with van der Waals surface area (Å²) in [5.41, 5.74) is 0. The number of amides is 1. The fraction of sp³-hybridized carbons (Fsp3) is 0.364. The highest BCUT2D eigenvalue weighted by atomic mass is 16.5. The van der Waals surface area contributed by atoms with Crippen LogP contribution in [0.25, 0.3) is 0 Å². The number of rotatable bonds is 3. The predicted molar refractivity (Wildman–Crippen MR) is 59.2 cm³/mol. The molecule has 1 unspecified atom stereocenters. The molecule has 0 spiro atoms. The first-order valence-corrected chi connectivity index (χ1v) is 5.03. The van der Waals surface area contributed by atoms with Gasteiger partial charge in [-0.05, 0) is 0 Å². The number of methoxy groups -OCH3 is 1. The maximum Gasteiger partial charge on any atom is 0.232 e. The minimum Gasteiger partial charge on any atom is -0.480 e. The van der Waals surface area contributed by atoms with E-state index in [-0.39, 0.29) is 11.8 Å². The summed E-state index contributed by atoms with van der Waals surface area (Å²) in [5, 5.41) is 0. The average molecular weight is 219 g/mol. The van der Waals surface area contributed by atoms with Crippen molar-refractivity contribution in [3.05, 3.63) is 25.0 Å². The van der Waals surface area contributed by atoms with Crippen LogP contribution in [0.2, 0.25) is 0 Å². The van der Waals surface area contributed by atoms with Gasteiger partial charge in [-0.15, -0.1) is 6.58 Å². The Morgan fingerprint density at radius 3 is 2.88 bits per heavy atom. The van der Waals surface area contributed by atoms with E-state index in [2.05, 4.69) is 16.5 Å². The minimum atomic E-state index is 0.0596. The van der Waals surface area contributed by atoms with Crippen molar-refractivity contribution in [1.82, 2.24) is 9.97 Å². The highest BCUT2D eigenvalue weighted by Gasteiger charge is 2.29. The summed E-state index contributed by atoms with van der Waals surface area (Å²) in [4.78, 5) is 21.5. The van der Waals surface area contributed by atoms with Gasteiger partial charge in [-0.3, -0.25) is 9.69 Å². The van der Waals surface area contributed by atoms with Crippen LogP contribution < -0.4 is 9.64 Å². The number of nitrogens with zero attached hydrogens (tertiary/aromatic N) is 3. The highest BCUT2D eigenvalue weighted by molar-refractivity contribution is 5.94. The van der Waals surface area contributed by atoms with E-state index in [0.29, 0.717) is 24.7 Å². The molecule has 1 saturated heterocycles. The van der Waals surface area contributed by atoms with Crippen molar-refractivity contribution < 1.29 is 9.53 Å². The SMILES string of the molecule is C=CC1CC(=O)N(c2cnc(OC)cn2)C1. The van der Waals surface area contributed by atoms with Gasteiger partial charge in [0.15, 0.2) is 5.82 Å². The smallest absolute Gasteiger partial charge is 0.232 e. The minimum absolute atomic E-state index is 0.0596. The summed E-state index contributed by atoms with van der Waals surface area (Å²) in [6.07, 6.45) is 5.35. The van der Waals surface area contributed by atoms with Crippen molar-refractivity contribution in [3.63, 3.8) is 0 Å². The standard InChI is InChI=1S/C11H13N3O2/c1-3-8-4-11(15)14(7-8)9-5-13-10(16-2)6-12-9/h3,5-6,8H,1,4,7H2,2H3. The molecule has 0 radical (unpaired) electrons. The number of carbonyl (C=O) groups excluding carboxylic acids is 1. The molecule has 2 heterocycles. The Morgan fingerprint density at radius 1 is 1.56 bits per heavy atom. The molecule has 5 heteroatoms. The average Bonchev–Trinajstić information content (AvgIpc) is 2.71. The lowest BCUT2D eigenvalue weighted by Gasteiger charge is -2.14. The molecule has 1 atom stereocenters. The van der Waals surface area contributed by atoms with Crippen LogP contribution in [0.1, 0.15) is 6.42 Å². The lowest BCUT2D eigenvalue weighted by atomic mass is 10.1. The van der Waals surface area contributed by atoms with Gasteiger partial charge in [-0.1, -0.05) is 6.08 Å². The Balaban J connectivity index is 2.17. The fourth-order valence-corrected chi connectivity index (χ4v) is 1.67. The molecule has 1 aliphatic rings. The van der Waals surface area contributed by atoms with Crippen LogP contribution in [0.3, 0.4) is 0 Å². The number of carbonyl (C=O) groups is 1. The second-order valence-electron chi connectivity index (χ2n) is 3.62. The summed E-state index contributed by atoms with van der Waals surface area (Å²) in [6, 6.07) is 0. The molecule has 0 N–H and O–H groups in total. The van der Waals surface area contributed by atoms with Crippen LogP contribution in [0.5, 0.6) is 5.88 Å². The zero-order chi connectivity index (χ0) is 11.5. The van der Waals surface area contributed by atoms with Crippen molar-refractivity contribution in [2.45, 2.75) is 6.42 Å². The van der Waals surface area contributed by atoms with E-state index in [1.165, 1.54) is 13.3 Å². The second kappa shape index (κ2) is 4.30. The van der Waals surface area contributed by atoms with Crippen molar-refractivity contribution in [2.75, 3.05) is 18.6 Å². The van der Waals surface area contributed by atoms with E-state index in [9.17, 15) is 4.79 Å². The lowest BCUT2D eigenvalue weighted by Crippen LogP contribution is -2.25. The number of hydrogen-bond acceptors (Lipinski definition) is 4. The van der Waals surface area contributed by atoms with Gasteiger partial charge in [0.05, 0.1) is 19.5 Å². The molecule has 1 amide bonds. The van der Waals surface area contributed by atoms with E-state index in [4.69, 9.17) is 4.74 Å². The van der Waals surface area contributed by atoms with Gasteiger partial charge in [-0.2, -0.15) is 0 Å². The van der Waals surface area contributed by atoms with Gasteiger partial charge in [0, 0.05) is 18.9 Å². The second-order valence-corrected chi connectivity index (χ2v) is 3.62. The molecule has 1 aromatic rings. The third kappa shape index (κ3) is 1.88. The fourth-order valence-electron chi connectivity index (χ4n) is 1.67. The summed E-state index contributed by atoms with van der Waals surface area (Å²) >= 11 is 0. The zero-order valence-electron chi connectivity index (χ0n) is 9.09. The Kier molecular flexibility index (Phi) is 2.85. The molecule has 0 bridgehead atoms. The summed E-state index contributed by atoms with van der Waals surface area (Å²) in [5.74, 6) is 1.27. The van der Waals surface area contributed by atoms with Gasteiger partial charge in [0.2, 0.25) is 11.8 Å². The predicted octanol–water partition coefficient (Wildman–Crippen LogP) is 1.02. The van der Waals surface area contributed by atoms with Crippen molar-refractivity contribution in [3.8, 4) is 5.88 Å². The first kappa shape index (κ1) is 10.6. The molecule has 2 rings (SSSR count). The largest absolute Gasteiger partial charge is 0.480 e. The van der Waals surface area contributed by atoms with Gasteiger partial charge >= 0.3 is 0 Å². The molecule has 0 aliphatic carbocycles. The first-order valence-electron chi connectivity index (χ1n) is 5.03. The van der Waals surface area contributed by atoms with Crippen LogP contribution in [0.15, 0.2) is 25.0 Å². The van der Waals surface area contributed by atoms with Gasteiger partial charge in [0.25, 0.3) is 0 Å². The topological polar surface area (TPSA) is 55.3 Å². The number of hydrogen-bond donors (Lipinski definition) is 0. The van der Waals surface area contributed by atoms with Gasteiger partial charge in [0.1, 0.15) is 0 Å². The number of ether oxygens (including phenoxy) is 1. The Morgan fingerprint density at radius 2 is 2.38 bits per heavy atom. The van der Waals surface area contributed by atoms with E-state index < -0.39 is 0 Å². The van der Waals surface area contributed by atoms with E-state index >= 15 is 0 Å². The molecular weight excluding hydrogens is 206 g/mol. The van der Waals surface area contributed by atoms with Crippen molar-refractivity contribution in [1.29, 1.82) is 0 Å².